The van der Waals surface area contributed by atoms with E-state index >= 15 is 0 Å². The topological polar surface area (TPSA) is 102 Å². The molecule has 0 amide bonds. The van der Waals surface area contributed by atoms with E-state index in [1.54, 1.807) is 41.3 Å². The first-order valence-corrected chi connectivity index (χ1v) is 10.6. The Hall–Kier alpha value is -2.17. The number of primary sulfonamides is 1. The summed E-state index contributed by atoms with van der Waals surface area (Å²) in [5, 5.41) is 16.6. The summed E-state index contributed by atoms with van der Waals surface area (Å²) in [6, 6.07) is 11.3. The number of nitrogens with two attached hydrogens (primary N) is 1. The van der Waals surface area contributed by atoms with Gasteiger partial charge in [0.1, 0.15) is 0 Å². The molecule has 7 nitrogen and oxygen atoms in total. The van der Waals surface area contributed by atoms with Gasteiger partial charge in [-0.15, -0.1) is 0 Å². The molecule has 0 aliphatic carbocycles. The van der Waals surface area contributed by atoms with E-state index < -0.39 is 10.0 Å². The van der Waals surface area contributed by atoms with Gasteiger partial charge in [-0.25, -0.2) is 13.6 Å². The molecule has 3 rings (SSSR count). The summed E-state index contributed by atoms with van der Waals surface area (Å²) in [7, 11) is -3.73. The molecule has 0 unspecified atom stereocenters. The van der Waals surface area contributed by atoms with Gasteiger partial charge in [-0.05, 0) is 54.2 Å². The highest BCUT2D eigenvalue weighted by atomic mass is 35.5. The zero-order valence-electron chi connectivity index (χ0n) is 14.3. The van der Waals surface area contributed by atoms with Gasteiger partial charge in [-0.2, -0.15) is 5.10 Å². The van der Waals surface area contributed by atoms with Crippen LogP contribution in [0.4, 0.5) is 11.4 Å². The van der Waals surface area contributed by atoms with Crippen molar-refractivity contribution in [1.82, 2.24) is 9.78 Å². The van der Waals surface area contributed by atoms with Crippen LogP contribution in [0.1, 0.15) is 5.56 Å². The molecular formula is C17H15Cl2N5O2S2. The molecule has 0 saturated heterocycles. The number of halogens is 2. The molecule has 2 aromatic carbocycles. The van der Waals surface area contributed by atoms with Crippen molar-refractivity contribution < 1.29 is 8.42 Å². The molecule has 0 atom stereocenters. The first-order chi connectivity index (χ1) is 13.2. The number of sulfonamides is 1. The molecule has 0 radical (unpaired) electrons. The molecule has 4 N–H and O–H groups in total. The van der Waals surface area contributed by atoms with E-state index in [0.29, 0.717) is 33.1 Å². The smallest absolute Gasteiger partial charge is 0.238 e. The number of hydrogen-bond donors (Lipinski definition) is 3. The predicted octanol–water partition coefficient (Wildman–Crippen LogP) is 3.69. The van der Waals surface area contributed by atoms with E-state index in [4.69, 9.17) is 40.6 Å². The second kappa shape index (κ2) is 8.46. The van der Waals surface area contributed by atoms with Crippen LogP contribution in [-0.4, -0.2) is 23.3 Å². The van der Waals surface area contributed by atoms with Gasteiger partial charge in [0.2, 0.25) is 10.0 Å². The number of aromatic nitrogens is 2. The zero-order chi connectivity index (χ0) is 20.3. The van der Waals surface area contributed by atoms with Gasteiger partial charge in [0.25, 0.3) is 0 Å². The molecule has 0 bridgehead atoms. The molecular weight excluding hydrogens is 441 g/mol. The molecule has 1 aromatic heterocycles. The largest absolute Gasteiger partial charge is 0.332 e. The van der Waals surface area contributed by atoms with Crippen LogP contribution in [-0.2, 0) is 16.6 Å². The molecule has 0 saturated carbocycles. The third-order valence-corrected chi connectivity index (χ3v) is 5.53. The summed E-state index contributed by atoms with van der Waals surface area (Å²) in [6.45, 7) is 0.522. The quantitative estimate of drug-likeness (QED) is 0.506. The second-order valence-corrected chi connectivity index (χ2v) is 8.61. The predicted molar refractivity (Wildman–Crippen MR) is 115 cm³/mol. The van der Waals surface area contributed by atoms with Crippen LogP contribution < -0.4 is 15.8 Å². The van der Waals surface area contributed by atoms with Crippen LogP contribution in [0.2, 0.25) is 10.0 Å². The minimum absolute atomic E-state index is 0.0282. The van der Waals surface area contributed by atoms with E-state index in [9.17, 15) is 8.42 Å². The molecule has 146 valence electrons. The number of anilines is 2. The van der Waals surface area contributed by atoms with Crippen molar-refractivity contribution in [2.45, 2.75) is 11.4 Å². The van der Waals surface area contributed by atoms with Gasteiger partial charge >= 0.3 is 0 Å². The molecule has 28 heavy (non-hydrogen) atoms. The molecule has 0 spiro atoms. The Morgan fingerprint density at radius 3 is 2.39 bits per heavy atom. The van der Waals surface area contributed by atoms with Crippen molar-refractivity contribution in [3.8, 4) is 0 Å². The van der Waals surface area contributed by atoms with Crippen molar-refractivity contribution in [2.75, 3.05) is 10.6 Å². The lowest BCUT2D eigenvalue weighted by Crippen LogP contribution is -2.19. The van der Waals surface area contributed by atoms with E-state index in [1.165, 1.54) is 12.1 Å². The number of nitrogens with zero attached hydrogens (tertiary/aromatic N) is 2. The van der Waals surface area contributed by atoms with Crippen LogP contribution in [0.25, 0.3) is 0 Å². The lowest BCUT2D eigenvalue weighted by atomic mass is 10.2. The fourth-order valence-corrected chi connectivity index (χ4v) is 3.43. The maximum Gasteiger partial charge on any atom is 0.238 e. The van der Waals surface area contributed by atoms with Gasteiger partial charge in [-0.3, -0.25) is 4.68 Å². The highest BCUT2D eigenvalue weighted by Gasteiger charge is 2.08. The number of benzene rings is 2. The van der Waals surface area contributed by atoms with E-state index in [0.717, 1.165) is 5.56 Å². The number of thiocarbonyl (C=S) groups is 1. The number of nitrogens with one attached hydrogen (secondary N) is 2. The Morgan fingerprint density at radius 2 is 1.75 bits per heavy atom. The van der Waals surface area contributed by atoms with Crippen molar-refractivity contribution in [3.05, 3.63) is 70.5 Å². The molecule has 1 heterocycles. The highest BCUT2D eigenvalue weighted by molar-refractivity contribution is 7.89. The molecule has 0 aliphatic rings. The lowest BCUT2D eigenvalue weighted by Gasteiger charge is -2.09. The van der Waals surface area contributed by atoms with Crippen LogP contribution in [0.15, 0.2) is 59.8 Å². The average molecular weight is 456 g/mol. The Balaban J connectivity index is 1.59. The van der Waals surface area contributed by atoms with Gasteiger partial charge in [0, 0.05) is 11.9 Å². The summed E-state index contributed by atoms with van der Waals surface area (Å²) >= 11 is 17.2. The minimum atomic E-state index is -3.73. The molecule has 11 heteroatoms. The van der Waals surface area contributed by atoms with E-state index in [1.807, 2.05) is 6.07 Å². The summed E-state index contributed by atoms with van der Waals surface area (Å²) in [5.74, 6) is 0. The minimum Gasteiger partial charge on any atom is -0.332 e. The molecule has 3 aromatic rings. The van der Waals surface area contributed by atoms with Crippen LogP contribution in [0.5, 0.6) is 0 Å². The van der Waals surface area contributed by atoms with E-state index in [2.05, 4.69) is 15.7 Å². The van der Waals surface area contributed by atoms with Gasteiger partial charge in [0.15, 0.2) is 5.11 Å². The SMILES string of the molecule is NS(=O)(=O)c1ccc(NC(=S)Nc2cnn(Cc3ccc(Cl)c(Cl)c3)c2)cc1. The fraction of sp³-hybridized carbons (Fsp3) is 0.0588. The second-order valence-electron chi connectivity index (χ2n) is 5.82. The Labute approximate surface area is 177 Å². The van der Waals surface area contributed by atoms with Crippen LogP contribution in [0.3, 0.4) is 0 Å². The summed E-state index contributed by atoms with van der Waals surface area (Å²) in [6.07, 6.45) is 3.43. The monoisotopic (exact) mass is 455 g/mol. The Bertz CT molecular complexity index is 1110. The number of rotatable bonds is 5. The Morgan fingerprint density at radius 1 is 1.07 bits per heavy atom. The van der Waals surface area contributed by atoms with Crippen molar-refractivity contribution in [1.29, 1.82) is 0 Å². The maximum absolute atomic E-state index is 11.3. The fourth-order valence-electron chi connectivity index (χ4n) is 2.36. The molecule has 0 fully saturated rings. The Kier molecular flexibility index (Phi) is 6.21. The van der Waals surface area contributed by atoms with E-state index in [-0.39, 0.29) is 4.90 Å². The summed E-state index contributed by atoms with van der Waals surface area (Å²) in [5.41, 5.74) is 2.27. The average Bonchev–Trinajstić information content (AvgIpc) is 3.04. The number of hydrogen-bond acceptors (Lipinski definition) is 4. The van der Waals surface area contributed by atoms with Crippen molar-refractivity contribution >= 4 is 61.9 Å². The van der Waals surface area contributed by atoms with Crippen molar-refractivity contribution in [2.24, 2.45) is 5.14 Å². The first kappa shape index (κ1) is 20.6. The normalized spacial score (nSPS) is 11.2. The van der Waals surface area contributed by atoms with Gasteiger partial charge < -0.3 is 10.6 Å². The highest BCUT2D eigenvalue weighted by Crippen LogP contribution is 2.23. The lowest BCUT2D eigenvalue weighted by molar-refractivity contribution is 0.598. The zero-order valence-corrected chi connectivity index (χ0v) is 17.4. The summed E-state index contributed by atoms with van der Waals surface area (Å²) < 4.78 is 24.3. The standard InChI is InChI=1S/C17H15Cl2N5O2S2/c18-15-6-1-11(7-16(15)19)9-24-10-13(8-21-24)23-17(27)22-12-2-4-14(5-3-12)28(20,25)26/h1-8,10H,9H2,(H2,20,25,26)(H2,22,23,27). The van der Waals surface area contributed by atoms with Gasteiger partial charge in [0.05, 0.1) is 33.4 Å². The maximum atomic E-state index is 11.3. The summed E-state index contributed by atoms with van der Waals surface area (Å²) in [4.78, 5) is 0.0282. The first-order valence-electron chi connectivity index (χ1n) is 7.88. The molecule has 0 aliphatic heterocycles. The third-order valence-electron chi connectivity index (χ3n) is 3.66. The van der Waals surface area contributed by atoms with Crippen LogP contribution >= 0.6 is 35.4 Å². The van der Waals surface area contributed by atoms with Gasteiger partial charge in [-0.1, -0.05) is 29.3 Å². The van der Waals surface area contributed by atoms with Crippen LogP contribution in [0, 0.1) is 0 Å². The third kappa shape index (κ3) is 5.43. The van der Waals surface area contributed by atoms with Crippen molar-refractivity contribution in [3.63, 3.8) is 0 Å².